The van der Waals surface area contributed by atoms with E-state index < -0.39 is 4.75 Å². The summed E-state index contributed by atoms with van der Waals surface area (Å²) in [6.45, 7) is 2.93. The molecule has 1 fully saturated rings. The molecule has 0 aliphatic carbocycles. The zero-order chi connectivity index (χ0) is 22.7. The minimum absolute atomic E-state index is 0.110. The smallest absolute Gasteiger partial charge is 0.323 e. The van der Waals surface area contributed by atoms with Crippen LogP contribution >= 0.6 is 11.8 Å². The van der Waals surface area contributed by atoms with Gasteiger partial charge in [0.05, 0.1) is 13.7 Å². The first-order valence-corrected chi connectivity index (χ1v) is 12.0. The Labute approximate surface area is 192 Å². The number of hydrogen-bond donors (Lipinski definition) is 0. The number of aryl methyl sites for hydroxylation is 1. The fourth-order valence-electron chi connectivity index (χ4n) is 4.35. The van der Waals surface area contributed by atoms with Gasteiger partial charge in [0.25, 0.3) is 0 Å². The summed E-state index contributed by atoms with van der Waals surface area (Å²) < 4.78 is 6.12. The summed E-state index contributed by atoms with van der Waals surface area (Å²) in [4.78, 5) is 33.3. The Morgan fingerprint density at radius 2 is 1.94 bits per heavy atom. The lowest BCUT2D eigenvalue weighted by atomic mass is 9.98. The van der Waals surface area contributed by atoms with E-state index >= 15 is 0 Å². The van der Waals surface area contributed by atoms with E-state index in [2.05, 4.69) is 33.2 Å². The van der Waals surface area contributed by atoms with Gasteiger partial charge in [-0.15, -0.1) is 11.8 Å². The third-order valence-corrected chi connectivity index (χ3v) is 7.57. The number of benzene rings is 1. The van der Waals surface area contributed by atoms with Crippen LogP contribution in [0.5, 0.6) is 0 Å². The van der Waals surface area contributed by atoms with Crippen molar-refractivity contribution in [2.24, 2.45) is 7.05 Å². The number of thioether (sulfide) groups is 1. The standard InChI is InChI=1S/C23H29N5O3S/c1-26-16-24-21(25-26)19-6-4-17(5-7-19)18-8-11-28(12-9-18)20(29)14-27-13-10-23(15-27,32-3)22(30)31-2/h4-8,16H,9-15H2,1-3H3/t23-/m0/s1. The van der Waals surface area contributed by atoms with Gasteiger partial charge in [-0.1, -0.05) is 30.3 Å². The van der Waals surface area contributed by atoms with Crippen molar-refractivity contribution >= 4 is 29.2 Å². The van der Waals surface area contributed by atoms with Crippen molar-refractivity contribution in [1.29, 1.82) is 0 Å². The number of ether oxygens (including phenoxy) is 1. The number of carbonyl (C=O) groups is 2. The molecular weight excluding hydrogens is 426 g/mol. The third kappa shape index (κ3) is 4.59. The molecule has 8 nitrogen and oxygen atoms in total. The number of nitrogens with zero attached hydrogens (tertiary/aromatic N) is 5. The van der Waals surface area contributed by atoms with E-state index in [0.717, 1.165) is 18.5 Å². The maximum Gasteiger partial charge on any atom is 0.323 e. The van der Waals surface area contributed by atoms with E-state index in [1.54, 1.807) is 11.0 Å². The highest BCUT2D eigenvalue weighted by molar-refractivity contribution is 8.00. The largest absolute Gasteiger partial charge is 0.468 e. The Kier molecular flexibility index (Phi) is 6.66. The number of methoxy groups -OCH3 is 1. The van der Waals surface area contributed by atoms with Crippen molar-refractivity contribution in [3.8, 4) is 11.4 Å². The van der Waals surface area contributed by atoms with Gasteiger partial charge < -0.3 is 9.64 Å². The Morgan fingerprint density at radius 3 is 2.53 bits per heavy atom. The number of rotatable bonds is 6. The summed E-state index contributed by atoms with van der Waals surface area (Å²) in [5.74, 6) is 0.627. The van der Waals surface area contributed by atoms with E-state index in [1.807, 2.05) is 30.3 Å². The lowest BCUT2D eigenvalue weighted by Crippen LogP contribution is -2.44. The average Bonchev–Trinajstić information content (AvgIpc) is 3.45. The number of esters is 1. The quantitative estimate of drug-likeness (QED) is 0.617. The molecule has 2 aliphatic rings. The number of hydrogen-bond acceptors (Lipinski definition) is 7. The SMILES string of the molecule is COC(=O)[C@]1(SC)CCN(CC(=O)N2CC=C(c3ccc(-c4ncn(C)n4)cc3)CC2)C1. The number of amides is 1. The molecule has 1 atom stereocenters. The van der Waals surface area contributed by atoms with Crippen LogP contribution in [0.25, 0.3) is 17.0 Å². The predicted octanol–water partition coefficient (Wildman–Crippen LogP) is 2.08. The molecule has 9 heteroatoms. The van der Waals surface area contributed by atoms with Gasteiger partial charge in [0.2, 0.25) is 5.91 Å². The van der Waals surface area contributed by atoms with Gasteiger partial charge >= 0.3 is 5.97 Å². The lowest BCUT2D eigenvalue weighted by Gasteiger charge is -2.29. The first-order chi connectivity index (χ1) is 15.4. The molecule has 0 radical (unpaired) electrons. The minimum Gasteiger partial charge on any atom is -0.468 e. The van der Waals surface area contributed by atoms with E-state index in [4.69, 9.17) is 4.74 Å². The van der Waals surface area contributed by atoms with Crippen LogP contribution in [0.15, 0.2) is 36.7 Å². The fraction of sp³-hybridized carbons (Fsp3) is 0.478. The zero-order valence-electron chi connectivity index (χ0n) is 18.8. The zero-order valence-corrected chi connectivity index (χ0v) is 19.6. The van der Waals surface area contributed by atoms with Gasteiger partial charge in [-0.05, 0) is 30.2 Å². The molecule has 32 heavy (non-hydrogen) atoms. The van der Waals surface area contributed by atoms with E-state index in [-0.39, 0.29) is 11.9 Å². The first-order valence-electron chi connectivity index (χ1n) is 10.7. The summed E-state index contributed by atoms with van der Waals surface area (Å²) >= 11 is 1.52. The second kappa shape index (κ2) is 9.46. The Balaban J connectivity index is 1.33. The van der Waals surface area contributed by atoms with Crippen LogP contribution in [0.1, 0.15) is 18.4 Å². The van der Waals surface area contributed by atoms with Crippen LogP contribution in [-0.4, -0.2) is 87.3 Å². The summed E-state index contributed by atoms with van der Waals surface area (Å²) in [6, 6.07) is 8.26. The molecule has 3 heterocycles. The van der Waals surface area contributed by atoms with E-state index in [0.29, 0.717) is 38.4 Å². The molecule has 0 unspecified atom stereocenters. The molecule has 4 rings (SSSR count). The van der Waals surface area contributed by atoms with Gasteiger partial charge in [-0.2, -0.15) is 5.10 Å². The van der Waals surface area contributed by atoms with Crippen molar-refractivity contribution < 1.29 is 14.3 Å². The van der Waals surface area contributed by atoms with Gasteiger partial charge in [0.15, 0.2) is 5.82 Å². The van der Waals surface area contributed by atoms with Gasteiger partial charge in [-0.25, -0.2) is 4.98 Å². The van der Waals surface area contributed by atoms with Crippen molar-refractivity contribution in [1.82, 2.24) is 24.6 Å². The predicted molar refractivity (Wildman–Crippen MR) is 125 cm³/mol. The van der Waals surface area contributed by atoms with Crippen LogP contribution in [0.3, 0.4) is 0 Å². The third-order valence-electron chi connectivity index (χ3n) is 6.29. The van der Waals surface area contributed by atoms with Crippen molar-refractivity contribution in [2.75, 3.05) is 46.1 Å². The molecule has 0 bridgehead atoms. The number of likely N-dealkylation sites (tertiary alicyclic amines) is 1. The van der Waals surface area contributed by atoms with Crippen LogP contribution in [0, 0.1) is 0 Å². The van der Waals surface area contributed by atoms with E-state index in [1.165, 1.54) is 30.0 Å². The molecule has 2 aliphatic heterocycles. The maximum absolute atomic E-state index is 12.9. The van der Waals surface area contributed by atoms with Gasteiger partial charge in [0, 0.05) is 38.8 Å². The summed E-state index contributed by atoms with van der Waals surface area (Å²) in [5, 5.41) is 4.34. The molecule has 1 aromatic carbocycles. The first kappa shape index (κ1) is 22.5. The summed E-state index contributed by atoms with van der Waals surface area (Å²) in [7, 11) is 3.28. The Bertz CT molecular complexity index is 1020. The van der Waals surface area contributed by atoms with Crippen molar-refractivity contribution in [3.05, 3.63) is 42.2 Å². The minimum atomic E-state index is -0.555. The van der Waals surface area contributed by atoms with Gasteiger partial charge in [-0.3, -0.25) is 19.2 Å². The van der Waals surface area contributed by atoms with Crippen LogP contribution in [0.2, 0.25) is 0 Å². The van der Waals surface area contributed by atoms with Crippen molar-refractivity contribution in [2.45, 2.75) is 17.6 Å². The molecule has 1 amide bonds. The van der Waals surface area contributed by atoms with Gasteiger partial charge in [0.1, 0.15) is 11.1 Å². The van der Waals surface area contributed by atoms with Crippen LogP contribution in [0.4, 0.5) is 0 Å². The molecule has 1 saturated heterocycles. The highest BCUT2D eigenvalue weighted by Crippen LogP contribution is 2.35. The summed E-state index contributed by atoms with van der Waals surface area (Å²) in [5.41, 5.74) is 3.41. The Morgan fingerprint density at radius 1 is 1.19 bits per heavy atom. The molecule has 0 saturated carbocycles. The van der Waals surface area contributed by atoms with Crippen LogP contribution < -0.4 is 0 Å². The van der Waals surface area contributed by atoms with Crippen molar-refractivity contribution in [3.63, 3.8) is 0 Å². The molecule has 0 N–H and O–H groups in total. The fourth-order valence-corrected chi connectivity index (χ4v) is 5.21. The number of aromatic nitrogens is 3. The maximum atomic E-state index is 12.9. The molecular formula is C23H29N5O3S. The lowest BCUT2D eigenvalue weighted by molar-refractivity contribution is -0.143. The topological polar surface area (TPSA) is 80.6 Å². The second-order valence-corrected chi connectivity index (χ2v) is 9.48. The normalized spacial score (nSPS) is 21.5. The molecule has 170 valence electrons. The molecule has 2 aromatic rings. The molecule has 1 aromatic heterocycles. The van der Waals surface area contributed by atoms with E-state index in [9.17, 15) is 9.59 Å². The van der Waals surface area contributed by atoms with Crippen LogP contribution in [-0.2, 0) is 21.4 Å². The molecule has 0 spiro atoms. The highest BCUT2D eigenvalue weighted by Gasteiger charge is 2.45. The number of carbonyl (C=O) groups excluding carboxylic acids is 2. The monoisotopic (exact) mass is 455 g/mol. The Hall–Kier alpha value is -2.65. The average molecular weight is 456 g/mol. The summed E-state index contributed by atoms with van der Waals surface area (Å²) in [6.07, 6.45) is 7.29. The second-order valence-electron chi connectivity index (χ2n) is 8.29. The highest BCUT2D eigenvalue weighted by atomic mass is 32.2.